The van der Waals surface area contributed by atoms with Crippen LogP contribution in [0.3, 0.4) is 0 Å². The van der Waals surface area contributed by atoms with Gasteiger partial charge in [-0.25, -0.2) is 4.79 Å². The third kappa shape index (κ3) is 18.3. The molecule has 0 saturated heterocycles. The van der Waals surface area contributed by atoms with Crippen molar-refractivity contribution < 1.29 is 27.0 Å². The first-order valence-corrected chi connectivity index (χ1v) is 14.2. The Hall–Kier alpha value is -1.28. The molecule has 0 aliphatic rings. The van der Waals surface area contributed by atoms with Crippen molar-refractivity contribution in [3.8, 4) is 0 Å². The van der Waals surface area contributed by atoms with Crippen LogP contribution in [0.2, 0.25) is 0 Å². The van der Waals surface area contributed by atoms with Gasteiger partial charge in [0.05, 0.1) is 27.4 Å². The summed E-state index contributed by atoms with van der Waals surface area (Å²) < 4.78 is 28.2. The summed E-state index contributed by atoms with van der Waals surface area (Å²) >= 11 is 0. The lowest BCUT2D eigenvalue weighted by molar-refractivity contribution is -0.890. The summed E-state index contributed by atoms with van der Waals surface area (Å²) in [5, 5.41) is 12.2. The lowest BCUT2D eigenvalue weighted by atomic mass is 10.0. The molecule has 7 nitrogen and oxygen atoms in total. The highest BCUT2D eigenvalue weighted by molar-refractivity contribution is 7.86. The van der Waals surface area contributed by atoms with E-state index in [9.17, 15) is 18.3 Å². The van der Waals surface area contributed by atoms with Gasteiger partial charge in [0, 0.05) is 0 Å². The van der Waals surface area contributed by atoms with Crippen LogP contribution in [-0.2, 0) is 19.1 Å². The Morgan fingerprint density at radius 1 is 0.875 bits per heavy atom. The van der Waals surface area contributed by atoms with Crippen LogP contribution in [-0.4, -0.2) is 57.5 Å². The zero-order chi connectivity index (χ0) is 24.5. The van der Waals surface area contributed by atoms with Crippen molar-refractivity contribution in [3.63, 3.8) is 0 Å². The topological polar surface area (TPSA) is 92.7 Å². The van der Waals surface area contributed by atoms with Gasteiger partial charge in [-0.3, -0.25) is 5.32 Å². The van der Waals surface area contributed by atoms with Crippen LogP contribution in [0.1, 0.15) is 103 Å². The van der Waals surface area contributed by atoms with Gasteiger partial charge in [0.15, 0.2) is 0 Å². The number of unbranched alkanes of at least 4 members (excludes halogenated alkanes) is 14. The molecule has 0 fully saturated rings. The van der Waals surface area contributed by atoms with Crippen LogP contribution < -0.4 is 5.32 Å². The Morgan fingerprint density at radius 2 is 1.28 bits per heavy atom. The van der Waals surface area contributed by atoms with Gasteiger partial charge < -0.3 is 13.8 Å². The second-order valence-corrected chi connectivity index (χ2v) is 11.3. The highest BCUT2D eigenvalue weighted by Gasteiger charge is 2.32. The minimum absolute atomic E-state index is 0.0114. The minimum atomic E-state index is -3.74. The fourth-order valence-corrected chi connectivity index (χ4v) is 4.02. The molecule has 2 N–H and O–H groups in total. The van der Waals surface area contributed by atoms with E-state index in [1.54, 1.807) is 27.2 Å². The van der Waals surface area contributed by atoms with Crippen LogP contribution >= 0.6 is 0 Å². The molecule has 0 amide bonds. The van der Waals surface area contributed by atoms with Crippen LogP contribution in [0, 0.1) is 0 Å². The molecular formula is C24H49N2O5S+. The van der Waals surface area contributed by atoms with E-state index in [1.165, 1.54) is 70.6 Å². The molecule has 0 aromatic heterocycles. The Balaban J connectivity index is 4.10. The summed E-state index contributed by atoms with van der Waals surface area (Å²) in [6.45, 7) is 2.25. The first kappa shape index (κ1) is 30.7. The second-order valence-electron chi connectivity index (χ2n) is 9.74. The van der Waals surface area contributed by atoms with E-state index in [-0.39, 0.29) is 10.4 Å². The van der Waals surface area contributed by atoms with Crippen LogP contribution in [0.4, 0.5) is 0 Å². The zero-order valence-corrected chi connectivity index (χ0v) is 22.0. The molecule has 8 heteroatoms. The lowest BCUT2D eigenvalue weighted by Crippen LogP contribution is -2.57. The minimum Gasteiger partial charge on any atom is -0.475 e. The van der Waals surface area contributed by atoms with Crippen molar-refractivity contribution in [2.45, 2.75) is 109 Å². The molecule has 0 rings (SSSR count). The number of carboxylic acid groups (broad SMARTS) is 1. The quantitative estimate of drug-likeness (QED) is 0.0758. The van der Waals surface area contributed by atoms with Gasteiger partial charge in [0.25, 0.3) is 6.17 Å². The SMILES string of the molecule is CCCCCCCCCCCCCCCC/C=C(\NC(C(=O)O)[N+](C)(C)C)OS(C)(=O)=O. The molecule has 0 aliphatic heterocycles. The van der Waals surface area contributed by atoms with Gasteiger partial charge in [0.1, 0.15) is 0 Å². The third-order valence-electron chi connectivity index (χ3n) is 5.42. The van der Waals surface area contributed by atoms with E-state index < -0.39 is 22.3 Å². The molecule has 1 atom stereocenters. The highest BCUT2D eigenvalue weighted by Crippen LogP contribution is 2.14. The van der Waals surface area contributed by atoms with E-state index in [0.717, 1.165) is 25.5 Å². The molecule has 32 heavy (non-hydrogen) atoms. The number of hydrogen-bond donors (Lipinski definition) is 2. The van der Waals surface area contributed by atoms with Crippen LogP contribution in [0.15, 0.2) is 12.0 Å². The van der Waals surface area contributed by atoms with Crippen LogP contribution in [0.25, 0.3) is 0 Å². The maximum absolute atomic E-state index is 11.5. The number of rotatable bonds is 21. The van der Waals surface area contributed by atoms with Gasteiger partial charge in [-0.1, -0.05) is 90.4 Å². The Kier molecular flexibility index (Phi) is 16.5. The number of carboxylic acids is 1. The molecule has 0 radical (unpaired) electrons. The van der Waals surface area contributed by atoms with Crippen molar-refractivity contribution in [1.82, 2.24) is 5.32 Å². The maximum Gasteiger partial charge on any atom is 0.385 e. The smallest absolute Gasteiger partial charge is 0.385 e. The number of likely N-dealkylation sites (N-methyl/N-ethyl adjacent to an activating group) is 1. The van der Waals surface area contributed by atoms with E-state index in [2.05, 4.69) is 12.2 Å². The molecule has 190 valence electrons. The first-order chi connectivity index (χ1) is 15.0. The molecule has 0 spiro atoms. The molecular weight excluding hydrogens is 428 g/mol. The summed E-state index contributed by atoms with van der Waals surface area (Å²) in [6.07, 6.45) is 20.1. The van der Waals surface area contributed by atoms with Gasteiger partial charge in [-0.15, -0.1) is 0 Å². The molecule has 0 bridgehead atoms. The average Bonchev–Trinajstić information content (AvgIpc) is 2.66. The summed E-state index contributed by atoms with van der Waals surface area (Å²) in [4.78, 5) is 11.5. The fourth-order valence-electron chi connectivity index (χ4n) is 3.57. The molecule has 0 aliphatic carbocycles. The van der Waals surface area contributed by atoms with E-state index in [4.69, 9.17) is 4.18 Å². The standard InChI is InChI=1S/C24H48N2O5S/c1-6-7-8-9-10-11-12-13-14-15-16-17-18-19-20-21-22(31-32(5,29)30)25-23(24(27)28)26(2,3)4/h21,23,25H,6-20H2,1-5H3/p+1/b22-21+. The van der Waals surface area contributed by atoms with E-state index >= 15 is 0 Å². The predicted octanol–water partition coefficient (Wildman–Crippen LogP) is 5.38. The Morgan fingerprint density at radius 3 is 1.62 bits per heavy atom. The van der Waals surface area contributed by atoms with E-state index in [0.29, 0.717) is 6.42 Å². The predicted molar refractivity (Wildman–Crippen MR) is 132 cm³/mol. The normalized spacial score (nSPS) is 13.7. The van der Waals surface area contributed by atoms with Gasteiger partial charge in [-0.05, 0) is 18.9 Å². The molecule has 0 heterocycles. The summed E-state index contributed by atoms with van der Waals surface area (Å²) in [7, 11) is 1.42. The summed E-state index contributed by atoms with van der Waals surface area (Å²) in [5.41, 5.74) is 0. The highest BCUT2D eigenvalue weighted by atomic mass is 32.2. The number of allylic oxidation sites excluding steroid dienone is 1. The summed E-state index contributed by atoms with van der Waals surface area (Å²) in [6, 6.07) is 0. The Bertz CT molecular complexity index is 627. The second kappa shape index (κ2) is 17.2. The van der Waals surface area contributed by atoms with Gasteiger partial charge in [-0.2, -0.15) is 8.42 Å². The number of hydrogen-bond acceptors (Lipinski definition) is 5. The summed E-state index contributed by atoms with van der Waals surface area (Å²) in [5.74, 6) is -1.08. The Labute approximate surface area is 197 Å². The number of nitrogens with one attached hydrogen (secondary N) is 1. The lowest BCUT2D eigenvalue weighted by Gasteiger charge is -2.32. The van der Waals surface area contributed by atoms with Crippen molar-refractivity contribution in [2.24, 2.45) is 0 Å². The maximum atomic E-state index is 11.5. The number of carbonyl (C=O) groups is 1. The molecule has 0 saturated carbocycles. The van der Waals surface area contributed by atoms with E-state index in [1.807, 2.05) is 0 Å². The largest absolute Gasteiger partial charge is 0.475 e. The molecule has 1 unspecified atom stereocenters. The molecule has 0 aromatic carbocycles. The molecule has 0 aromatic rings. The van der Waals surface area contributed by atoms with Crippen molar-refractivity contribution in [1.29, 1.82) is 0 Å². The number of nitrogens with zero attached hydrogens (tertiary/aromatic N) is 1. The van der Waals surface area contributed by atoms with Gasteiger partial charge in [0.2, 0.25) is 5.88 Å². The van der Waals surface area contributed by atoms with Crippen LogP contribution in [0.5, 0.6) is 0 Å². The number of quaternary nitrogens is 1. The number of aliphatic carboxylic acids is 1. The third-order valence-corrected chi connectivity index (χ3v) is 5.90. The van der Waals surface area contributed by atoms with Crippen molar-refractivity contribution in [3.05, 3.63) is 12.0 Å². The van der Waals surface area contributed by atoms with Gasteiger partial charge >= 0.3 is 16.1 Å². The zero-order valence-electron chi connectivity index (χ0n) is 21.2. The monoisotopic (exact) mass is 477 g/mol. The average molecular weight is 478 g/mol. The van der Waals surface area contributed by atoms with Crippen molar-refractivity contribution >= 4 is 16.1 Å². The fraction of sp³-hybridized carbons (Fsp3) is 0.875. The first-order valence-electron chi connectivity index (χ1n) is 12.4. The van der Waals surface area contributed by atoms with Crippen molar-refractivity contribution in [2.75, 3.05) is 27.4 Å².